The topological polar surface area (TPSA) is 76.7 Å². The molecule has 5 atom stereocenters. The number of allylic oxidation sites excluding steroid dienone is 1. The summed E-state index contributed by atoms with van der Waals surface area (Å²) in [6.45, 7) is 4.47. The number of ether oxygens (including phenoxy) is 2. The second-order valence-electron chi connectivity index (χ2n) is 7.71. The number of rotatable bonds is 5. The van der Waals surface area contributed by atoms with Crippen LogP contribution in [0.3, 0.4) is 0 Å². The predicted octanol–water partition coefficient (Wildman–Crippen LogP) is 2.20. The summed E-state index contributed by atoms with van der Waals surface area (Å²) >= 11 is 0. The van der Waals surface area contributed by atoms with Crippen LogP contribution in [0.1, 0.15) is 46.0 Å². The molecule has 2 N–H and O–H groups in total. The molecule has 2 heterocycles. The molecule has 7 heteroatoms. The summed E-state index contributed by atoms with van der Waals surface area (Å²) in [6.07, 6.45) is 1.21. The first kappa shape index (κ1) is 18.9. The van der Waals surface area contributed by atoms with E-state index in [2.05, 4.69) is 10.6 Å². The lowest BCUT2D eigenvalue weighted by molar-refractivity contribution is 0.0929. The Bertz CT molecular complexity index is 843. The van der Waals surface area contributed by atoms with Crippen molar-refractivity contribution in [1.29, 1.82) is 0 Å². The normalized spacial score (nSPS) is 30.3. The maximum atomic E-state index is 13.7. The van der Waals surface area contributed by atoms with E-state index < -0.39 is 12.8 Å². The van der Waals surface area contributed by atoms with Crippen molar-refractivity contribution >= 4 is 11.8 Å². The third-order valence-corrected chi connectivity index (χ3v) is 6.18. The standard InChI is InChI=1S/C21H25FN2O4/c1-4-10(2)17-12-5-11(20(25)24-18-14-8-27-9-15(14)18)6-13(21(26)23-3)19(12)28-16(17)7-22/h4-6,14-18H,7-9H2,1-3H3,(H,23,26)(H,24,25)/b10-4+/t14-,15?,16-,17+,18?/m1/s1. The SMILES string of the molecule is C/C=C(\C)[C@H]1c2cc(C(=O)NC3C4COC[C@H]43)cc(C(=O)NC)c2O[C@@H]1CF. The van der Waals surface area contributed by atoms with Gasteiger partial charge in [-0.3, -0.25) is 9.59 Å². The van der Waals surface area contributed by atoms with E-state index in [0.29, 0.717) is 41.9 Å². The Morgan fingerprint density at radius 1 is 1.25 bits per heavy atom. The summed E-state index contributed by atoms with van der Waals surface area (Å²) in [6, 6.07) is 3.39. The monoisotopic (exact) mass is 388 g/mol. The number of halogens is 1. The molecule has 0 aromatic heterocycles. The molecule has 3 aliphatic rings. The van der Waals surface area contributed by atoms with Crippen molar-refractivity contribution in [2.24, 2.45) is 11.8 Å². The lowest BCUT2D eigenvalue weighted by Crippen LogP contribution is -2.30. The van der Waals surface area contributed by atoms with Crippen molar-refractivity contribution in [3.05, 3.63) is 40.5 Å². The Kier molecular flexibility index (Phi) is 4.87. The minimum Gasteiger partial charge on any atom is -0.486 e. The van der Waals surface area contributed by atoms with Crippen LogP contribution in [-0.2, 0) is 4.74 Å². The average Bonchev–Trinajstić information content (AvgIpc) is 3.07. The lowest BCUT2D eigenvalue weighted by atomic mass is 9.87. The van der Waals surface area contributed by atoms with E-state index in [1.807, 2.05) is 19.9 Å². The van der Waals surface area contributed by atoms with Gasteiger partial charge in [0.05, 0.1) is 18.8 Å². The minimum absolute atomic E-state index is 0.126. The fraction of sp³-hybridized carbons (Fsp3) is 0.524. The molecule has 2 fully saturated rings. The van der Waals surface area contributed by atoms with Crippen LogP contribution in [0.5, 0.6) is 5.75 Å². The van der Waals surface area contributed by atoms with Crippen molar-refractivity contribution in [3.8, 4) is 5.75 Å². The van der Waals surface area contributed by atoms with Gasteiger partial charge in [-0.15, -0.1) is 0 Å². The highest BCUT2D eigenvalue weighted by molar-refractivity contribution is 6.02. The van der Waals surface area contributed by atoms with Crippen LogP contribution < -0.4 is 15.4 Å². The van der Waals surface area contributed by atoms with Crippen molar-refractivity contribution < 1.29 is 23.5 Å². The van der Waals surface area contributed by atoms with Crippen molar-refractivity contribution in [1.82, 2.24) is 10.6 Å². The van der Waals surface area contributed by atoms with Gasteiger partial charge in [0.1, 0.15) is 18.5 Å². The van der Waals surface area contributed by atoms with E-state index in [-0.39, 0.29) is 29.3 Å². The van der Waals surface area contributed by atoms with E-state index in [9.17, 15) is 14.0 Å². The van der Waals surface area contributed by atoms with Gasteiger partial charge in [0, 0.05) is 42.0 Å². The van der Waals surface area contributed by atoms with Gasteiger partial charge in [-0.25, -0.2) is 4.39 Å². The number of hydrogen-bond donors (Lipinski definition) is 2. The van der Waals surface area contributed by atoms with E-state index >= 15 is 0 Å². The number of benzene rings is 1. The minimum atomic E-state index is -0.701. The summed E-state index contributed by atoms with van der Waals surface area (Å²) < 4.78 is 24.8. The molecule has 2 unspecified atom stereocenters. The fourth-order valence-corrected chi connectivity index (χ4v) is 4.40. The van der Waals surface area contributed by atoms with Gasteiger partial charge in [0.2, 0.25) is 0 Å². The van der Waals surface area contributed by atoms with Crippen LogP contribution in [0.4, 0.5) is 4.39 Å². The molecule has 28 heavy (non-hydrogen) atoms. The van der Waals surface area contributed by atoms with Gasteiger partial charge in [0.25, 0.3) is 11.8 Å². The van der Waals surface area contributed by atoms with E-state index in [1.165, 1.54) is 13.1 Å². The molecule has 1 aliphatic carbocycles. The second-order valence-corrected chi connectivity index (χ2v) is 7.71. The molecule has 1 aromatic carbocycles. The summed E-state index contributed by atoms with van der Waals surface area (Å²) in [5.74, 6) is 0.214. The van der Waals surface area contributed by atoms with Gasteiger partial charge < -0.3 is 20.1 Å². The molecule has 2 amide bonds. The molecule has 1 saturated heterocycles. The highest BCUT2D eigenvalue weighted by atomic mass is 19.1. The Balaban J connectivity index is 1.70. The molecule has 0 radical (unpaired) electrons. The maximum Gasteiger partial charge on any atom is 0.254 e. The van der Waals surface area contributed by atoms with Crippen molar-refractivity contribution in [2.45, 2.75) is 31.9 Å². The molecule has 4 rings (SSSR count). The highest BCUT2D eigenvalue weighted by Gasteiger charge is 2.54. The van der Waals surface area contributed by atoms with E-state index in [0.717, 1.165) is 5.57 Å². The van der Waals surface area contributed by atoms with Gasteiger partial charge in [-0.2, -0.15) is 0 Å². The number of carbonyl (C=O) groups excluding carboxylic acids is 2. The van der Waals surface area contributed by atoms with Crippen LogP contribution in [0, 0.1) is 11.8 Å². The average molecular weight is 388 g/mol. The molecule has 1 saturated carbocycles. The lowest BCUT2D eigenvalue weighted by Gasteiger charge is -2.17. The van der Waals surface area contributed by atoms with Crippen LogP contribution in [-0.4, -0.2) is 50.9 Å². The molecule has 6 nitrogen and oxygen atoms in total. The highest BCUT2D eigenvalue weighted by Crippen LogP contribution is 2.46. The Hall–Kier alpha value is -2.41. The predicted molar refractivity (Wildman–Crippen MR) is 101 cm³/mol. The number of alkyl halides is 1. The number of nitrogens with one attached hydrogen (secondary N) is 2. The van der Waals surface area contributed by atoms with Crippen molar-refractivity contribution in [3.63, 3.8) is 0 Å². The summed E-state index contributed by atoms with van der Waals surface area (Å²) in [5.41, 5.74) is 2.27. The second kappa shape index (κ2) is 7.20. The van der Waals surface area contributed by atoms with Crippen LogP contribution in [0.25, 0.3) is 0 Å². The smallest absolute Gasteiger partial charge is 0.254 e. The van der Waals surface area contributed by atoms with E-state index in [1.54, 1.807) is 6.07 Å². The molecule has 150 valence electrons. The number of hydrogen-bond acceptors (Lipinski definition) is 4. The third-order valence-electron chi connectivity index (χ3n) is 6.18. The molecule has 1 aromatic rings. The van der Waals surface area contributed by atoms with Crippen LogP contribution >= 0.6 is 0 Å². The molecule has 0 spiro atoms. The Morgan fingerprint density at radius 3 is 2.57 bits per heavy atom. The fourth-order valence-electron chi connectivity index (χ4n) is 4.40. The Labute approximate surface area is 163 Å². The molecular formula is C21H25FN2O4. The summed E-state index contributed by atoms with van der Waals surface area (Å²) in [4.78, 5) is 25.3. The number of amides is 2. The third kappa shape index (κ3) is 2.98. The van der Waals surface area contributed by atoms with Gasteiger partial charge in [-0.1, -0.05) is 11.6 Å². The first-order valence-corrected chi connectivity index (χ1v) is 9.64. The van der Waals surface area contributed by atoms with Crippen molar-refractivity contribution in [2.75, 3.05) is 26.9 Å². The quantitative estimate of drug-likeness (QED) is 0.759. The summed E-state index contributed by atoms with van der Waals surface area (Å²) in [5, 5.41) is 5.63. The largest absolute Gasteiger partial charge is 0.486 e. The van der Waals surface area contributed by atoms with E-state index in [4.69, 9.17) is 9.47 Å². The molecular weight excluding hydrogens is 363 g/mol. The molecule has 2 aliphatic heterocycles. The Morgan fingerprint density at radius 2 is 1.96 bits per heavy atom. The molecule has 0 bridgehead atoms. The number of fused-ring (bicyclic) bond motifs is 2. The zero-order valence-corrected chi connectivity index (χ0v) is 16.3. The van der Waals surface area contributed by atoms with Gasteiger partial charge in [0.15, 0.2) is 0 Å². The van der Waals surface area contributed by atoms with Gasteiger partial charge >= 0.3 is 0 Å². The summed E-state index contributed by atoms with van der Waals surface area (Å²) in [7, 11) is 1.52. The first-order chi connectivity index (χ1) is 13.5. The number of carbonyl (C=O) groups is 2. The first-order valence-electron chi connectivity index (χ1n) is 9.64. The maximum absolute atomic E-state index is 13.7. The van der Waals surface area contributed by atoms with Crippen LogP contribution in [0.15, 0.2) is 23.8 Å². The van der Waals surface area contributed by atoms with Crippen LogP contribution in [0.2, 0.25) is 0 Å². The zero-order valence-electron chi connectivity index (χ0n) is 16.3. The zero-order chi connectivity index (χ0) is 20.0. The van der Waals surface area contributed by atoms with Gasteiger partial charge in [-0.05, 0) is 26.0 Å².